The maximum absolute atomic E-state index is 12.5. The Morgan fingerprint density at radius 2 is 1.74 bits per heavy atom. The number of ether oxygens (including phenoxy) is 2. The molecule has 2 aromatic carbocycles. The van der Waals surface area contributed by atoms with Crippen molar-refractivity contribution in [1.82, 2.24) is 4.90 Å². The van der Waals surface area contributed by atoms with Gasteiger partial charge >= 0.3 is 6.61 Å². The Hall–Kier alpha value is -2.34. The number of hydrogen-bond acceptors (Lipinski definition) is 4. The zero-order chi connectivity index (χ0) is 16.8. The van der Waals surface area contributed by atoms with Gasteiger partial charge in [-0.15, -0.1) is 0 Å². The first kappa shape index (κ1) is 17.0. The van der Waals surface area contributed by atoms with Gasteiger partial charge in [0.15, 0.2) is 11.5 Å². The first-order valence-electron chi connectivity index (χ1n) is 7.12. The third kappa shape index (κ3) is 5.10. The SMILES string of the molecule is COc1ccc(CN(C)Cc2cccc(N)c2)cc1OC(F)F. The van der Waals surface area contributed by atoms with Gasteiger partial charge in [0.2, 0.25) is 0 Å². The number of benzene rings is 2. The summed E-state index contributed by atoms with van der Waals surface area (Å²) in [6.45, 7) is -1.61. The van der Waals surface area contributed by atoms with E-state index in [1.165, 1.54) is 7.11 Å². The number of anilines is 1. The summed E-state index contributed by atoms with van der Waals surface area (Å²) in [4.78, 5) is 2.06. The van der Waals surface area contributed by atoms with Crippen LogP contribution >= 0.6 is 0 Å². The minimum Gasteiger partial charge on any atom is -0.493 e. The molecule has 0 fully saturated rings. The minimum atomic E-state index is -2.89. The van der Waals surface area contributed by atoms with E-state index < -0.39 is 6.61 Å². The maximum Gasteiger partial charge on any atom is 0.387 e. The van der Waals surface area contributed by atoms with Crippen molar-refractivity contribution in [3.8, 4) is 11.5 Å². The molecule has 0 aliphatic rings. The van der Waals surface area contributed by atoms with E-state index in [4.69, 9.17) is 10.5 Å². The summed E-state index contributed by atoms with van der Waals surface area (Å²) in [6, 6.07) is 12.7. The molecule has 0 amide bonds. The summed E-state index contributed by atoms with van der Waals surface area (Å²) in [5.74, 6) is 0.324. The van der Waals surface area contributed by atoms with E-state index >= 15 is 0 Å². The number of hydrogen-bond donors (Lipinski definition) is 1. The smallest absolute Gasteiger partial charge is 0.387 e. The van der Waals surface area contributed by atoms with Crippen LogP contribution in [0.1, 0.15) is 11.1 Å². The first-order chi connectivity index (χ1) is 11.0. The van der Waals surface area contributed by atoms with E-state index in [9.17, 15) is 8.78 Å². The van der Waals surface area contributed by atoms with Crippen molar-refractivity contribution in [2.45, 2.75) is 19.7 Å². The Kier molecular flexibility index (Phi) is 5.76. The molecular weight excluding hydrogens is 302 g/mol. The predicted octanol–water partition coefficient (Wildman–Crippen LogP) is 3.51. The van der Waals surface area contributed by atoms with Gasteiger partial charge in [-0.1, -0.05) is 18.2 Å². The fraction of sp³-hybridized carbons (Fsp3) is 0.294. The van der Waals surface area contributed by atoms with Crippen molar-refractivity contribution in [3.63, 3.8) is 0 Å². The second-order valence-electron chi connectivity index (χ2n) is 5.28. The molecule has 2 aromatic rings. The van der Waals surface area contributed by atoms with Crippen molar-refractivity contribution in [2.75, 3.05) is 19.9 Å². The fourth-order valence-electron chi connectivity index (χ4n) is 2.38. The van der Waals surface area contributed by atoms with Crippen LogP contribution in [0.25, 0.3) is 0 Å². The van der Waals surface area contributed by atoms with Gasteiger partial charge in [-0.25, -0.2) is 0 Å². The van der Waals surface area contributed by atoms with Gasteiger partial charge in [0.1, 0.15) is 0 Å². The van der Waals surface area contributed by atoms with E-state index in [0.29, 0.717) is 18.8 Å². The van der Waals surface area contributed by atoms with E-state index in [1.807, 2.05) is 37.4 Å². The molecule has 2 rings (SSSR count). The van der Waals surface area contributed by atoms with Crippen molar-refractivity contribution in [3.05, 3.63) is 53.6 Å². The Morgan fingerprint density at radius 1 is 1.04 bits per heavy atom. The third-order valence-electron chi connectivity index (χ3n) is 3.30. The standard InChI is InChI=1S/C17H20F2N2O2/c1-21(10-12-4-3-5-14(20)8-12)11-13-6-7-15(22-2)16(9-13)23-17(18)19/h3-9,17H,10-11,20H2,1-2H3. The van der Waals surface area contributed by atoms with Crippen LogP contribution < -0.4 is 15.2 Å². The normalized spacial score (nSPS) is 11.0. The number of nitrogens with zero attached hydrogens (tertiary/aromatic N) is 1. The van der Waals surface area contributed by atoms with Crippen molar-refractivity contribution < 1.29 is 18.3 Å². The Bertz CT molecular complexity index is 650. The highest BCUT2D eigenvalue weighted by atomic mass is 19.3. The average molecular weight is 322 g/mol. The second kappa shape index (κ2) is 7.78. The molecular formula is C17H20F2N2O2. The molecule has 0 heterocycles. The Morgan fingerprint density at radius 3 is 2.35 bits per heavy atom. The lowest BCUT2D eigenvalue weighted by Crippen LogP contribution is -2.17. The average Bonchev–Trinajstić information content (AvgIpc) is 2.46. The third-order valence-corrected chi connectivity index (χ3v) is 3.30. The molecule has 0 aliphatic carbocycles. The zero-order valence-corrected chi connectivity index (χ0v) is 13.1. The van der Waals surface area contributed by atoms with Crippen LogP contribution in [0.3, 0.4) is 0 Å². The quantitative estimate of drug-likeness (QED) is 0.793. The van der Waals surface area contributed by atoms with Crippen LogP contribution in [0.2, 0.25) is 0 Å². The van der Waals surface area contributed by atoms with Gasteiger partial charge in [0, 0.05) is 18.8 Å². The van der Waals surface area contributed by atoms with Crippen LogP contribution in [-0.4, -0.2) is 25.7 Å². The van der Waals surface area contributed by atoms with E-state index in [-0.39, 0.29) is 11.5 Å². The molecule has 0 saturated heterocycles. The monoisotopic (exact) mass is 322 g/mol. The topological polar surface area (TPSA) is 47.7 Å². The number of nitrogen functional groups attached to an aromatic ring is 1. The zero-order valence-electron chi connectivity index (χ0n) is 13.1. The minimum absolute atomic E-state index is 0.0392. The summed E-state index contributed by atoms with van der Waals surface area (Å²) in [6.07, 6.45) is 0. The van der Waals surface area contributed by atoms with Gasteiger partial charge in [-0.05, 0) is 42.4 Å². The molecule has 2 N–H and O–H groups in total. The fourth-order valence-corrected chi connectivity index (χ4v) is 2.38. The van der Waals surface area contributed by atoms with Gasteiger partial charge in [-0.3, -0.25) is 4.90 Å². The van der Waals surface area contributed by atoms with Gasteiger partial charge in [0.25, 0.3) is 0 Å². The van der Waals surface area contributed by atoms with E-state index in [2.05, 4.69) is 9.64 Å². The highest BCUT2D eigenvalue weighted by molar-refractivity contribution is 5.43. The summed E-state index contributed by atoms with van der Waals surface area (Å²) in [5.41, 5.74) is 8.42. The molecule has 0 atom stereocenters. The molecule has 6 heteroatoms. The second-order valence-corrected chi connectivity index (χ2v) is 5.28. The van der Waals surface area contributed by atoms with E-state index in [0.717, 1.165) is 11.1 Å². The molecule has 0 unspecified atom stereocenters. The molecule has 4 nitrogen and oxygen atoms in total. The molecule has 0 saturated carbocycles. The van der Waals surface area contributed by atoms with Crippen molar-refractivity contribution >= 4 is 5.69 Å². The molecule has 0 bridgehead atoms. The van der Waals surface area contributed by atoms with Crippen LogP contribution in [0, 0.1) is 0 Å². The van der Waals surface area contributed by atoms with Crippen molar-refractivity contribution in [2.24, 2.45) is 0 Å². The van der Waals surface area contributed by atoms with Crippen molar-refractivity contribution in [1.29, 1.82) is 0 Å². The van der Waals surface area contributed by atoms with E-state index in [1.54, 1.807) is 12.1 Å². The number of methoxy groups -OCH3 is 1. The largest absolute Gasteiger partial charge is 0.493 e. The molecule has 0 radical (unpaired) electrons. The summed E-state index contributed by atoms with van der Waals surface area (Å²) < 4.78 is 34.4. The Balaban J connectivity index is 2.06. The highest BCUT2D eigenvalue weighted by Gasteiger charge is 2.12. The predicted molar refractivity (Wildman–Crippen MR) is 85.7 cm³/mol. The summed E-state index contributed by atoms with van der Waals surface area (Å²) in [7, 11) is 3.36. The molecule has 0 aliphatic heterocycles. The molecule has 124 valence electrons. The van der Waals surface area contributed by atoms with Crippen LogP contribution in [0.15, 0.2) is 42.5 Å². The number of rotatable bonds is 7. The summed E-state index contributed by atoms with van der Waals surface area (Å²) >= 11 is 0. The number of halogens is 2. The lowest BCUT2D eigenvalue weighted by Gasteiger charge is -2.18. The van der Waals surface area contributed by atoms with Crippen LogP contribution in [0.5, 0.6) is 11.5 Å². The maximum atomic E-state index is 12.5. The van der Waals surface area contributed by atoms with Gasteiger partial charge in [0.05, 0.1) is 7.11 Å². The van der Waals surface area contributed by atoms with Gasteiger partial charge in [-0.2, -0.15) is 8.78 Å². The van der Waals surface area contributed by atoms with Crippen LogP contribution in [0.4, 0.5) is 14.5 Å². The molecule has 0 spiro atoms. The summed E-state index contributed by atoms with van der Waals surface area (Å²) in [5, 5.41) is 0. The number of alkyl halides is 2. The first-order valence-corrected chi connectivity index (χ1v) is 7.12. The number of nitrogens with two attached hydrogens (primary N) is 1. The molecule has 0 aromatic heterocycles. The lowest BCUT2D eigenvalue weighted by atomic mass is 10.1. The molecule has 23 heavy (non-hydrogen) atoms. The van der Waals surface area contributed by atoms with Crippen LogP contribution in [-0.2, 0) is 13.1 Å². The van der Waals surface area contributed by atoms with Gasteiger partial charge < -0.3 is 15.2 Å². The Labute approximate surface area is 134 Å². The lowest BCUT2D eigenvalue weighted by molar-refractivity contribution is -0.0512. The highest BCUT2D eigenvalue weighted by Crippen LogP contribution is 2.30.